The fourth-order valence-corrected chi connectivity index (χ4v) is 4.35. The van der Waals surface area contributed by atoms with Crippen LogP contribution in [-0.2, 0) is 25.6 Å². The number of rotatable bonds is 10. The summed E-state index contributed by atoms with van der Waals surface area (Å²) in [6.45, 7) is 6.81. The first-order valence-corrected chi connectivity index (χ1v) is 12.9. The lowest BCUT2D eigenvalue weighted by atomic mass is 10.0. The molecule has 38 heavy (non-hydrogen) atoms. The zero-order chi connectivity index (χ0) is 28.7. The van der Waals surface area contributed by atoms with Gasteiger partial charge in [0.15, 0.2) is 0 Å². The first-order valence-electron chi connectivity index (χ1n) is 12.9. The topological polar surface area (TPSA) is 162 Å². The van der Waals surface area contributed by atoms with Crippen LogP contribution in [0.2, 0.25) is 0 Å². The van der Waals surface area contributed by atoms with Crippen molar-refractivity contribution in [1.82, 2.24) is 19.6 Å². The molecule has 1 aliphatic rings. The lowest BCUT2D eigenvalue weighted by Gasteiger charge is -2.37. The summed E-state index contributed by atoms with van der Waals surface area (Å²) in [5.41, 5.74) is 2.05. The molecule has 4 N–H and O–H groups in total. The molecule has 0 amide bonds. The Bertz CT molecular complexity index is 896. The number of carbonyl (C=O) groups is 4. The number of carboxylic acid groups (broad SMARTS) is 4. The van der Waals surface area contributed by atoms with Gasteiger partial charge in [-0.1, -0.05) is 43.7 Å². The molecule has 0 aromatic heterocycles. The fraction of sp³-hybridized carbons (Fsp3) is 0.615. The smallest absolute Gasteiger partial charge is 0.317 e. The summed E-state index contributed by atoms with van der Waals surface area (Å²) in [7, 11) is 0. The summed E-state index contributed by atoms with van der Waals surface area (Å²) in [5, 5.41) is 37.7. The summed E-state index contributed by atoms with van der Waals surface area (Å²) in [5.74, 6) is -4.11. The first kappa shape index (κ1) is 33.0. The van der Waals surface area contributed by atoms with Gasteiger partial charge in [-0.15, -0.1) is 0 Å². The van der Waals surface area contributed by atoms with Crippen LogP contribution in [0.25, 0.3) is 0 Å². The normalized spacial score (nSPS) is 18.9. The van der Waals surface area contributed by atoms with Gasteiger partial charge in [-0.05, 0) is 18.9 Å². The van der Waals surface area contributed by atoms with Crippen molar-refractivity contribution in [3.8, 4) is 0 Å². The molecule has 12 heteroatoms. The Kier molecular flexibility index (Phi) is 15.1. The molecule has 1 aromatic rings. The third-order valence-corrected chi connectivity index (χ3v) is 6.16. The Morgan fingerprint density at radius 2 is 1.05 bits per heavy atom. The monoisotopic (exact) mass is 538 g/mol. The van der Waals surface area contributed by atoms with Crippen LogP contribution in [0.4, 0.5) is 0 Å². The molecular formula is C26H42N4O8. The minimum atomic E-state index is -1.03. The van der Waals surface area contributed by atoms with Crippen molar-refractivity contribution in [2.75, 3.05) is 72.0 Å². The molecule has 0 radical (unpaired) electrons. The number of benzene rings is 1. The van der Waals surface area contributed by atoms with Crippen molar-refractivity contribution in [1.29, 1.82) is 0 Å². The van der Waals surface area contributed by atoms with Crippen molar-refractivity contribution < 1.29 is 39.6 Å². The predicted molar refractivity (Wildman–Crippen MR) is 141 cm³/mol. The SMILES string of the molecule is CC.Cc1ccc(CC2CN(CC(=O)O)CCN(CC(=O)O)CCN(CC(=O)O)CCN2CC(=O)O)cc1. The highest BCUT2D eigenvalue weighted by Gasteiger charge is 2.27. The molecule has 1 heterocycles. The Morgan fingerprint density at radius 1 is 0.658 bits per heavy atom. The minimum Gasteiger partial charge on any atom is -0.480 e. The number of aliphatic carboxylic acids is 4. The molecule has 0 saturated carbocycles. The highest BCUT2D eigenvalue weighted by Crippen LogP contribution is 2.14. The summed E-state index contributed by atoms with van der Waals surface area (Å²) in [6, 6.07) is 7.47. The van der Waals surface area contributed by atoms with E-state index in [4.69, 9.17) is 0 Å². The van der Waals surface area contributed by atoms with Gasteiger partial charge in [-0.3, -0.25) is 38.8 Å². The quantitative estimate of drug-likeness (QED) is 0.327. The maximum Gasteiger partial charge on any atom is 0.317 e. The van der Waals surface area contributed by atoms with Crippen LogP contribution in [0.3, 0.4) is 0 Å². The molecule has 0 aliphatic carbocycles. The van der Waals surface area contributed by atoms with Gasteiger partial charge < -0.3 is 20.4 Å². The maximum absolute atomic E-state index is 11.7. The van der Waals surface area contributed by atoms with Crippen LogP contribution in [0.15, 0.2) is 24.3 Å². The van der Waals surface area contributed by atoms with E-state index < -0.39 is 23.9 Å². The number of aryl methyl sites for hydroxylation is 1. The molecule has 1 aliphatic heterocycles. The van der Waals surface area contributed by atoms with Crippen LogP contribution in [0.1, 0.15) is 25.0 Å². The molecule has 214 valence electrons. The lowest BCUT2D eigenvalue weighted by molar-refractivity contribution is -0.142. The predicted octanol–water partition coefficient (Wildman–Crippen LogP) is 0.492. The molecule has 0 bridgehead atoms. The van der Waals surface area contributed by atoms with Crippen LogP contribution in [0, 0.1) is 6.92 Å². The van der Waals surface area contributed by atoms with Gasteiger partial charge in [0.25, 0.3) is 0 Å². The van der Waals surface area contributed by atoms with E-state index in [9.17, 15) is 39.6 Å². The van der Waals surface area contributed by atoms with E-state index in [0.717, 1.165) is 11.1 Å². The molecule has 12 nitrogen and oxygen atoms in total. The Morgan fingerprint density at radius 3 is 1.50 bits per heavy atom. The molecule has 1 unspecified atom stereocenters. The van der Waals surface area contributed by atoms with E-state index in [-0.39, 0.29) is 78.0 Å². The lowest BCUT2D eigenvalue weighted by Crippen LogP contribution is -2.53. The van der Waals surface area contributed by atoms with Crippen molar-refractivity contribution in [3.63, 3.8) is 0 Å². The Labute approximate surface area is 224 Å². The number of hydrogen-bond donors (Lipinski definition) is 4. The Balaban J connectivity index is 0.00000352. The molecule has 1 fully saturated rings. The van der Waals surface area contributed by atoms with Crippen molar-refractivity contribution in [2.45, 2.75) is 33.2 Å². The first-order chi connectivity index (χ1) is 18.0. The van der Waals surface area contributed by atoms with Crippen molar-refractivity contribution in [3.05, 3.63) is 35.4 Å². The Hall–Kier alpha value is -3.06. The molecule has 1 saturated heterocycles. The van der Waals surface area contributed by atoms with E-state index in [1.807, 2.05) is 45.0 Å². The third-order valence-electron chi connectivity index (χ3n) is 6.16. The van der Waals surface area contributed by atoms with Gasteiger partial charge in [0, 0.05) is 51.9 Å². The van der Waals surface area contributed by atoms with E-state index >= 15 is 0 Å². The van der Waals surface area contributed by atoms with E-state index in [1.54, 1.807) is 19.6 Å². The van der Waals surface area contributed by atoms with Crippen LogP contribution < -0.4 is 0 Å². The van der Waals surface area contributed by atoms with Gasteiger partial charge in [0.1, 0.15) is 0 Å². The highest BCUT2D eigenvalue weighted by molar-refractivity contribution is 5.70. The number of carboxylic acids is 4. The highest BCUT2D eigenvalue weighted by atomic mass is 16.4. The van der Waals surface area contributed by atoms with Gasteiger partial charge in [-0.25, -0.2) is 0 Å². The molecule has 1 aromatic carbocycles. The van der Waals surface area contributed by atoms with Gasteiger partial charge >= 0.3 is 23.9 Å². The number of hydrogen-bond acceptors (Lipinski definition) is 8. The standard InChI is InChI=1S/C24H36N4O8.C2H6/c1-18-2-4-19(5-3-18)12-20-13-27(16-23(33)34)9-8-25(14-21(29)30)6-7-26(15-22(31)32)10-11-28(20)17-24(35)36;1-2/h2-5,20H,6-17H2,1H3,(H,29,30)(H,31,32)(H,33,34)(H,35,36);1-2H3. The molecule has 1 atom stereocenters. The van der Waals surface area contributed by atoms with E-state index in [2.05, 4.69) is 0 Å². The van der Waals surface area contributed by atoms with Gasteiger partial charge in [-0.2, -0.15) is 0 Å². The molecule has 2 rings (SSSR count). The maximum atomic E-state index is 11.7. The van der Waals surface area contributed by atoms with Crippen molar-refractivity contribution >= 4 is 23.9 Å². The average Bonchev–Trinajstić information content (AvgIpc) is 2.83. The van der Waals surface area contributed by atoms with Gasteiger partial charge in [0.05, 0.1) is 26.2 Å². The molecule has 0 spiro atoms. The van der Waals surface area contributed by atoms with Crippen LogP contribution in [-0.4, -0.2) is 142 Å². The second kappa shape index (κ2) is 17.4. The third kappa shape index (κ3) is 13.5. The summed E-state index contributed by atoms with van der Waals surface area (Å²) < 4.78 is 0. The van der Waals surface area contributed by atoms with E-state index in [0.29, 0.717) is 6.42 Å². The molecular weight excluding hydrogens is 496 g/mol. The number of nitrogens with zero attached hydrogens (tertiary/aromatic N) is 4. The second-order valence-corrected chi connectivity index (χ2v) is 9.18. The summed E-state index contributed by atoms with van der Waals surface area (Å²) >= 11 is 0. The van der Waals surface area contributed by atoms with E-state index in [1.165, 1.54) is 0 Å². The summed E-state index contributed by atoms with van der Waals surface area (Å²) in [4.78, 5) is 52.9. The zero-order valence-electron chi connectivity index (χ0n) is 22.6. The largest absolute Gasteiger partial charge is 0.480 e. The van der Waals surface area contributed by atoms with Crippen LogP contribution in [0.5, 0.6) is 0 Å². The van der Waals surface area contributed by atoms with Gasteiger partial charge in [0.2, 0.25) is 0 Å². The van der Waals surface area contributed by atoms with Crippen LogP contribution >= 0.6 is 0 Å². The second-order valence-electron chi connectivity index (χ2n) is 9.18. The zero-order valence-corrected chi connectivity index (χ0v) is 22.6. The fourth-order valence-electron chi connectivity index (χ4n) is 4.35. The minimum absolute atomic E-state index is 0.250. The average molecular weight is 539 g/mol. The van der Waals surface area contributed by atoms with Crippen molar-refractivity contribution in [2.24, 2.45) is 0 Å². The summed E-state index contributed by atoms with van der Waals surface area (Å²) in [6.07, 6.45) is 0.474.